The Morgan fingerprint density at radius 3 is 2.79 bits per heavy atom. The Morgan fingerprint density at radius 2 is 2.21 bits per heavy atom. The number of thioether (sulfide) groups is 1. The lowest BCUT2D eigenvalue weighted by atomic mass is 10.2. The number of hydrogen-bond donors (Lipinski definition) is 0. The zero-order chi connectivity index (χ0) is 14.3. The van der Waals surface area contributed by atoms with Gasteiger partial charge < -0.3 is 9.64 Å². The highest BCUT2D eigenvalue weighted by Crippen LogP contribution is 2.30. The van der Waals surface area contributed by atoms with Crippen LogP contribution in [0.25, 0.3) is 0 Å². The van der Waals surface area contributed by atoms with Gasteiger partial charge >= 0.3 is 0 Å². The van der Waals surface area contributed by atoms with Crippen molar-refractivity contribution in [2.24, 2.45) is 0 Å². The van der Waals surface area contributed by atoms with Gasteiger partial charge in [-0.05, 0) is 18.6 Å². The molecule has 1 unspecified atom stereocenters. The summed E-state index contributed by atoms with van der Waals surface area (Å²) in [6.07, 6.45) is 3.83. The van der Waals surface area contributed by atoms with Crippen LogP contribution in [0.5, 0.6) is 5.75 Å². The van der Waals surface area contributed by atoms with Gasteiger partial charge in [-0.3, -0.25) is 4.79 Å². The van der Waals surface area contributed by atoms with Crippen molar-refractivity contribution in [2.45, 2.75) is 25.0 Å². The first-order valence-corrected chi connectivity index (χ1v) is 7.21. The average Bonchev–Trinajstić information content (AvgIpc) is 2.45. The van der Waals surface area contributed by atoms with E-state index in [0.717, 1.165) is 18.5 Å². The Bertz CT molecular complexity index is 434. The van der Waals surface area contributed by atoms with Gasteiger partial charge in [0.1, 0.15) is 5.75 Å². The molecule has 1 atom stereocenters. The summed E-state index contributed by atoms with van der Waals surface area (Å²) in [5.74, 6) is 0.699. The number of benzene rings is 1. The first kappa shape index (κ1) is 15.6. The number of carbonyl (C=O) groups excluding carboxylic acids is 1. The maximum Gasteiger partial charge on any atom is 0.286 e. The third kappa shape index (κ3) is 4.31. The molecule has 0 aliphatic heterocycles. The van der Waals surface area contributed by atoms with Crippen molar-refractivity contribution in [1.29, 1.82) is 0 Å². The Kier molecular flexibility index (Phi) is 6.50. The lowest BCUT2D eigenvalue weighted by molar-refractivity contribution is 0.266. The molecule has 0 radical (unpaired) electrons. The largest absolute Gasteiger partial charge is 0.495 e. The number of rotatable bonds is 6. The third-order valence-electron chi connectivity index (χ3n) is 2.81. The quantitative estimate of drug-likeness (QED) is 0.725. The molecular formula is C15H21NO2S. The molecule has 0 saturated heterocycles. The van der Waals surface area contributed by atoms with Crippen LogP contribution in [0.3, 0.4) is 0 Å². The Labute approximate surface area is 119 Å². The summed E-state index contributed by atoms with van der Waals surface area (Å²) in [7, 11) is 3.37. The van der Waals surface area contributed by atoms with E-state index < -0.39 is 0 Å². The fraction of sp³-hybridized carbons (Fsp3) is 0.400. The van der Waals surface area contributed by atoms with E-state index in [1.54, 1.807) is 19.1 Å². The molecule has 0 N–H and O–H groups in total. The topological polar surface area (TPSA) is 29.5 Å². The molecular weight excluding hydrogens is 258 g/mol. The van der Waals surface area contributed by atoms with E-state index in [2.05, 4.69) is 13.5 Å². The minimum Gasteiger partial charge on any atom is -0.495 e. The van der Waals surface area contributed by atoms with Crippen LogP contribution < -0.4 is 9.64 Å². The van der Waals surface area contributed by atoms with Gasteiger partial charge in [-0.2, -0.15) is 0 Å². The maximum atomic E-state index is 12.2. The van der Waals surface area contributed by atoms with Crippen LogP contribution in [-0.2, 0) is 0 Å². The molecule has 0 aliphatic rings. The van der Waals surface area contributed by atoms with Gasteiger partial charge in [0.15, 0.2) is 0 Å². The molecule has 0 spiro atoms. The number of nitrogens with zero attached hydrogens (tertiary/aromatic N) is 1. The minimum absolute atomic E-state index is 0.00264. The molecule has 1 aromatic rings. The molecule has 19 heavy (non-hydrogen) atoms. The van der Waals surface area contributed by atoms with E-state index in [-0.39, 0.29) is 10.5 Å². The Hall–Kier alpha value is -1.42. The standard InChI is InChI=1S/C15H21NO2S/c1-5-9-12(6-2)19-15(17)16(3)13-10-7-8-11-14(13)18-4/h6-8,10-12H,2,5,9H2,1,3-4H3. The van der Waals surface area contributed by atoms with Gasteiger partial charge in [-0.1, -0.05) is 43.3 Å². The highest BCUT2D eigenvalue weighted by Gasteiger charge is 2.18. The monoisotopic (exact) mass is 279 g/mol. The van der Waals surface area contributed by atoms with Crippen molar-refractivity contribution >= 4 is 22.7 Å². The van der Waals surface area contributed by atoms with Gasteiger partial charge in [-0.15, -0.1) is 6.58 Å². The van der Waals surface area contributed by atoms with Crippen molar-refractivity contribution in [3.63, 3.8) is 0 Å². The van der Waals surface area contributed by atoms with Crippen LogP contribution in [0, 0.1) is 0 Å². The smallest absolute Gasteiger partial charge is 0.286 e. The molecule has 0 aromatic heterocycles. The second-order valence-corrected chi connectivity index (χ2v) is 5.37. The predicted octanol–water partition coefficient (Wildman–Crippen LogP) is 4.34. The lowest BCUT2D eigenvalue weighted by Gasteiger charge is -2.21. The van der Waals surface area contributed by atoms with E-state index in [1.165, 1.54) is 11.8 Å². The molecule has 1 aromatic carbocycles. The summed E-state index contributed by atoms with van der Waals surface area (Å²) in [6, 6.07) is 7.50. The van der Waals surface area contributed by atoms with Crippen molar-refractivity contribution < 1.29 is 9.53 Å². The predicted molar refractivity (Wildman–Crippen MR) is 83.3 cm³/mol. The van der Waals surface area contributed by atoms with Gasteiger partial charge in [0.05, 0.1) is 12.8 Å². The second kappa shape index (κ2) is 7.89. The van der Waals surface area contributed by atoms with Gasteiger partial charge in [0, 0.05) is 12.3 Å². The molecule has 0 saturated carbocycles. The molecule has 1 amide bonds. The normalized spacial score (nSPS) is 11.7. The molecule has 0 bridgehead atoms. The highest BCUT2D eigenvalue weighted by molar-refractivity contribution is 8.14. The summed E-state index contributed by atoms with van der Waals surface area (Å²) < 4.78 is 5.27. The summed E-state index contributed by atoms with van der Waals surface area (Å²) in [6.45, 7) is 5.88. The van der Waals surface area contributed by atoms with Crippen molar-refractivity contribution in [1.82, 2.24) is 0 Å². The average molecular weight is 279 g/mol. The molecule has 1 rings (SSSR count). The first-order valence-electron chi connectivity index (χ1n) is 6.34. The number of carbonyl (C=O) groups is 1. The second-order valence-electron chi connectivity index (χ2n) is 4.18. The summed E-state index contributed by atoms with van der Waals surface area (Å²) in [5.41, 5.74) is 0.779. The lowest BCUT2D eigenvalue weighted by Crippen LogP contribution is -2.24. The van der Waals surface area contributed by atoms with Crippen LogP contribution in [0.4, 0.5) is 10.5 Å². The summed E-state index contributed by atoms with van der Waals surface area (Å²) in [4.78, 5) is 13.9. The molecule has 0 fully saturated rings. The van der Waals surface area contributed by atoms with E-state index in [1.807, 2.05) is 30.3 Å². The number of hydrogen-bond acceptors (Lipinski definition) is 3. The van der Waals surface area contributed by atoms with Crippen LogP contribution in [0.2, 0.25) is 0 Å². The van der Waals surface area contributed by atoms with Crippen molar-refractivity contribution in [3.8, 4) is 5.75 Å². The highest BCUT2D eigenvalue weighted by atomic mass is 32.2. The van der Waals surface area contributed by atoms with E-state index >= 15 is 0 Å². The van der Waals surface area contributed by atoms with E-state index in [9.17, 15) is 4.79 Å². The third-order valence-corrected chi connectivity index (χ3v) is 4.02. The van der Waals surface area contributed by atoms with Gasteiger partial charge in [-0.25, -0.2) is 0 Å². The van der Waals surface area contributed by atoms with Crippen LogP contribution in [0.15, 0.2) is 36.9 Å². The molecule has 0 heterocycles. The number of ether oxygens (including phenoxy) is 1. The Morgan fingerprint density at radius 1 is 1.53 bits per heavy atom. The fourth-order valence-electron chi connectivity index (χ4n) is 1.72. The first-order chi connectivity index (χ1) is 9.13. The molecule has 4 heteroatoms. The van der Waals surface area contributed by atoms with Crippen molar-refractivity contribution in [3.05, 3.63) is 36.9 Å². The maximum absolute atomic E-state index is 12.2. The Balaban J connectivity index is 2.78. The fourth-order valence-corrected chi connectivity index (χ4v) is 2.69. The SMILES string of the molecule is C=CC(CCC)SC(=O)N(C)c1ccccc1OC. The molecule has 3 nitrogen and oxygen atoms in total. The summed E-state index contributed by atoms with van der Waals surface area (Å²) >= 11 is 1.30. The van der Waals surface area contributed by atoms with E-state index in [0.29, 0.717) is 5.75 Å². The minimum atomic E-state index is 0.00264. The zero-order valence-electron chi connectivity index (χ0n) is 11.8. The van der Waals surface area contributed by atoms with Crippen LogP contribution >= 0.6 is 11.8 Å². The number of para-hydroxylation sites is 2. The molecule has 0 aliphatic carbocycles. The number of methoxy groups -OCH3 is 1. The summed E-state index contributed by atoms with van der Waals surface area (Å²) in [5, 5.41) is 0.164. The van der Waals surface area contributed by atoms with E-state index in [4.69, 9.17) is 4.74 Å². The van der Waals surface area contributed by atoms with Crippen LogP contribution in [0.1, 0.15) is 19.8 Å². The number of anilines is 1. The van der Waals surface area contributed by atoms with Gasteiger partial charge in [0.2, 0.25) is 0 Å². The van der Waals surface area contributed by atoms with Gasteiger partial charge in [0.25, 0.3) is 5.24 Å². The van der Waals surface area contributed by atoms with Crippen LogP contribution in [-0.4, -0.2) is 24.6 Å². The zero-order valence-corrected chi connectivity index (χ0v) is 12.6. The number of amides is 1. The molecule has 104 valence electrons. The van der Waals surface area contributed by atoms with Crippen molar-refractivity contribution in [2.75, 3.05) is 19.1 Å².